The molecule has 0 amide bonds. The SMILES string of the molecule is COc1ccc(C(c2ccc(OC)cc2)C(C)NCc2ccccc2)cc1. The van der Waals surface area contributed by atoms with Gasteiger partial charge >= 0.3 is 0 Å². The Bertz CT molecular complexity index is 766. The second-order valence-corrected chi connectivity index (χ2v) is 6.68. The number of hydrogen-bond donors (Lipinski definition) is 1. The Morgan fingerprint density at radius 2 is 1.19 bits per heavy atom. The Morgan fingerprint density at radius 3 is 1.63 bits per heavy atom. The normalized spacial score (nSPS) is 12.0. The molecule has 0 spiro atoms. The van der Waals surface area contributed by atoms with Crippen molar-refractivity contribution in [3.05, 3.63) is 95.6 Å². The first-order valence-electron chi connectivity index (χ1n) is 9.26. The standard InChI is InChI=1S/C24H27NO2/c1-18(25-17-19-7-5-4-6-8-19)24(20-9-13-22(26-2)14-10-20)21-11-15-23(27-3)16-12-21/h4-16,18,24-25H,17H2,1-3H3. The van der Waals surface area contributed by atoms with Crippen LogP contribution in [0.25, 0.3) is 0 Å². The van der Waals surface area contributed by atoms with Gasteiger partial charge in [-0.2, -0.15) is 0 Å². The summed E-state index contributed by atoms with van der Waals surface area (Å²) >= 11 is 0. The maximum absolute atomic E-state index is 5.32. The summed E-state index contributed by atoms with van der Waals surface area (Å²) in [6.45, 7) is 3.08. The smallest absolute Gasteiger partial charge is 0.118 e. The molecule has 27 heavy (non-hydrogen) atoms. The van der Waals surface area contributed by atoms with Crippen LogP contribution in [0.1, 0.15) is 29.5 Å². The van der Waals surface area contributed by atoms with E-state index in [-0.39, 0.29) is 12.0 Å². The molecule has 0 aliphatic carbocycles. The topological polar surface area (TPSA) is 30.5 Å². The zero-order chi connectivity index (χ0) is 19.1. The molecule has 1 atom stereocenters. The van der Waals surface area contributed by atoms with Gasteiger partial charge in [-0.05, 0) is 47.9 Å². The molecule has 0 bridgehead atoms. The Kier molecular flexibility index (Phi) is 6.50. The number of hydrogen-bond acceptors (Lipinski definition) is 3. The van der Waals surface area contributed by atoms with Crippen molar-refractivity contribution in [3.8, 4) is 11.5 Å². The lowest BCUT2D eigenvalue weighted by Gasteiger charge is -2.26. The van der Waals surface area contributed by atoms with Gasteiger partial charge < -0.3 is 14.8 Å². The first-order chi connectivity index (χ1) is 13.2. The Hall–Kier alpha value is -2.78. The number of rotatable bonds is 8. The van der Waals surface area contributed by atoms with Gasteiger partial charge in [-0.3, -0.25) is 0 Å². The zero-order valence-electron chi connectivity index (χ0n) is 16.2. The van der Waals surface area contributed by atoms with Gasteiger partial charge in [-0.1, -0.05) is 54.6 Å². The van der Waals surface area contributed by atoms with E-state index in [0.717, 1.165) is 18.0 Å². The summed E-state index contributed by atoms with van der Waals surface area (Å²) in [4.78, 5) is 0. The first-order valence-corrected chi connectivity index (χ1v) is 9.26. The molecule has 0 radical (unpaired) electrons. The minimum Gasteiger partial charge on any atom is -0.497 e. The number of methoxy groups -OCH3 is 2. The minimum atomic E-state index is 0.227. The summed E-state index contributed by atoms with van der Waals surface area (Å²) in [5.74, 6) is 1.97. The fourth-order valence-corrected chi connectivity index (χ4v) is 3.38. The third kappa shape index (κ3) is 4.89. The molecule has 3 aromatic rings. The predicted molar refractivity (Wildman–Crippen MR) is 111 cm³/mol. The summed E-state index contributed by atoms with van der Waals surface area (Å²) < 4.78 is 10.6. The molecule has 140 valence electrons. The fraction of sp³-hybridized carbons (Fsp3) is 0.250. The monoisotopic (exact) mass is 361 g/mol. The van der Waals surface area contributed by atoms with Crippen LogP contribution in [0, 0.1) is 0 Å². The summed E-state index contributed by atoms with van der Waals surface area (Å²) in [5.41, 5.74) is 3.80. The van der Waals surface area contributed by atoms with Crippen molar-refractivity contribution in [3.63, 3.8) is 0 Å². The van der Waals surface area contributed by atoms with E-state index in [0.29, 0.717) is 0 Å². The van der Waals surface area contributed by atoms with Crippen LogP contribution in [0.2, 0.25) is 0 Å². The molecule has 1 N–H and O–H groups in total. The van der Waals surface area contributed by atoms with Gasteiger partial charge in [0.1, 0.15) is 11.5 Å². The predicted octanol–water partition coefficient (Wildman–Crippen LogP) is 5.01. The quantitative estimate of drug-likeness (QED) is 0.611. The van der Waals surface area contributed by atoms with E-state index in [2.05, 4.69) is 60.8 Å². The molecule has 0 heterocycles. The molecule has 0 aromatic heterocycles. The van der Waals surface area contributed by atoms with Gasteiger partial charge in [-0.25, -0.2) is 0 Å². The van der Waals surface area contributed by atoms with E-state index in [1.807, 2.05) is 30.3 Å². The van der Waals surface area contributed by atoms with Crippen molar-refractivity contribution in [1.29, 1.82) is 0 Å². The van der Waals surface area contributed by atoms with Gasteiger partial charge in [0, 0.05) is 18.5 Å². The summed E-state index contributed by atoms with van der Waals surface area (Å²) in [5, 5.41) is 3.69. The van der Waals surface area contributed by atoms with Crippen molar-refractivity contribution in [2.45, 2.75) is 25.4 Å². The first kappa shape index (κ1) is 19.0. The van der Waals surface area contributed by atoms with E-state index in [4.69, 9.17) is 9.47 Å². The molecular weight excluding hydrogens is 334 g/mol. The van der Waals surface area contributed by atoms with Gasteiger partial charge in [0.15, 0.2) is 0 Å². The molecular formula is C24H27NO2. The van der Waals surface area contributed by atoms with E-state index in [1.54, 1.807) is 14.2 Å². The van der Waals surface area contributed by atoms with Gasteiger partial charge in [0.05, 0.1) is 14.2 Å². The lowest BCUT2D eigenvalue weighted by molar-refractivity contribution is 0.413. The van der Waals surface area contributed by atoms with Crippen LogP contribution in [-0.2, 0) is 6.54 Å². The van der Waals surface area contributed by atoms with Crippen LogP contribution >= 0.6 is 0 Å². The van der Waals surface area contributed by atoms with Crippen LogP contribution in [0.5, 0.6) is 11.5 Å². The highest BCUT2D eigenvalue weighted by Crippen LogP contribution is 2.30. The third-order valence-electron chi connectivity index (χ3n) is 4.92. The molecule has 3 heteroatoms. The molecule has 0 aliphatic rings. The molecule has 0 aliphatic heterocycles. The average Bonchev–Trinajstić information content (AvgIpc) is 2.74. The van der Waals surface area contributed by atoms with Crippen molar-refractivity contribution >= 4 is 0 Å². The Morgan fingerprint density at radius 1 is 0.704 bits per heavy atom. The number of nitrogens with one attached hydrogen (secondary N) is 1. The maximum Gasteiger partial charge on any atom is 0.118 e. The highest BCUT2D eigenvalue weighted by atomic mass is 16.5. The van der Waals surface area contributed by atoms with Crippen molar-refractivity contribution in [2.24, 2.45) is 0 Å². The van der Waals surface area contributed by atoms with Crippen LogP contribution in [0.15, 0.2) is 78.9 Å². The summed E-state index contributed by atoms with van der Waals surface area (Å²) in [7, 11) is 3.39. The largest absolute Gasteiger partial charge is 0.497 e. The van der Waals surface area contributed by atoms with E-state index >= 15 is 0 Å². The second kappa shape index (κ2) is 9.24. The Balaban J connectivity index is 1.85. The van der Waals surface area contributed by atoms with Crippen molar-refractivity contribution < 1.29 is 9.47 Å². The summed E-state index contributed by atoms with van der Waals surface area (Å²) in [6, 6.07) is 27.4. The second-order valence-electron chi connectivity index (χ2n) is 6.68. The zero-order valence-corrected chi connectivity index (χ0v) is 16.2. The molecule has 1 unspecified atom stereocenters. The van der Waals surface area contributed by atoms with Crippen LogP contribution in [-0.4, -0.2) is 20.3 Å². The summed E-state index contributed by atoms with van der Waals surface area (Å²) in [6.07, 6.45) is 0. The lowest BCUT2D eigenvalue weighted by atomic mass is 9.85. The lowest BCUT2D eigenvalue weighted by Crippen LogP contribution is -2.32. The van der Waals surface area contributed by atoms with Crippen LogP contribution < -0.4 is 14.8 Å². The van der Waals surface area contributed by atoms with Gasteiger partial charge in [0.2, 0.25) is 0 Å². The molecule has 3 rings (SSSR count). The highest BCUT2D eigenvalue weighted by molar-refractivity contribution is 5.39. The molecule has 3 aromatic carbocycles. The third-order valence-corrected chi connectivity index (χ3v) is 4.92. The Labute approximate surface area is 162 Å². The highest BCUT2D eigenvalue weighted by Gasteiger charge is 2.21. The van der Waals surface area contributed by atoms with Crippen LogP contribution in [0.4, 0.5) is 0 Å². The molecule has 0 fully saturated rings. The minimum absolute atomic E-state index is 0.227. The van der Waals surface area contributed by atoms with Crippen LogP contribution in [0.3, 0.4) is 0 Å². The van der Waals surface area contributed by atoms with Crippen molar-refractivity contribution in [2.75, 3.05) is 14.2 Å². The van der Waals surface area contributed by atoms with E-state index in [1.165, 1.54) is 16.7 Å². The van der Waals surface area contributed by atoms with Gasteiger partial charge in [0.25, 0.3) is 0 Å². The van der Waals surface area contributed by atoms with E-state index < -0.39 is 0 Å². The van der Waals surface area contributed by atoms with Crippen molar-refractivity contribution in [1.82, 2.24) is 5.32 Å². The molecule has 0 saturated heterocycles. The average molecular weight is 361 g/mol. The van der Waals surface area contributed by atoms with E-state index in [9.17, 15) is 0 Å². The number of ether oxygens (including phenoxy) is 2. The molecule has 3 nitrogen and oxygen atoms in total. The maximum atomic E-state index is 5.32. The number of benzene rings is 3. The fourth-order valence-electron chi connectivity index (χ4n) is 3.38. The molecule has 0 saturated carbocycles. The van der Waals surface area contributed by atoms with Gasteiger partial charge in [-0.15, -0.1) is 0 Å².